The molecule has 9 atom stereocenters. The summed E-state index contributed by atoms with van der Waals surface area (Å²) in [6.45, 7) is 13.0. The highest BCUT2D eigenvalue weighted by Gasteiger charge is 2.68. The second-order valence-electron chi connectivity index (χ2n) is 19.7. The van der Waals surface area contributed by atoms with Crippen molar-refractivity contribution in [1.82, 2.24) is 10.6 Å². The van der Waals surface area contributed by atoms with E-state index in [1.807, 2.05) is 19.1 Å². The smallest absolute Gasteiger partial charge is 0.405 e. The summed E-state index contributed by atoms with van der Waals surface area (Å²) in [5.74, 6) is -3.54. The maximum absolute atomic E-state index is 13.9. The summed E-state index contributed by atoms with van der Waals surface area (Å²) in [4.78, 5) is 80.5. The van der Waals surface area contributed by atoms with Gasteiger partial charge in [-0.25, -0.2) is 0 Å². The predicted molar refractivity (Wildman–Crippen MR) is 250 cm³/mol. The summed E-state index contributed by atoms with van der Waals surface area (Å²) < 4.78 is 13.1. The van der Waals surface area contributed by atoms with E-state index in [4.69, 9.17) is 26.5 Å². The van der Waals surface area contributed by atoms with Crippen LogP contribution in [0.2, 0.25) is 5.82 Å². The van der Waals surface area contributed by atoms with Gasteiger partial charge in [-0.2, -0.15) is 0 Å². The van der Waals surface area contributed by atoms with Gasteiger partial charge in [0.15, 0.2) is 17.3 Å². The maximum Gasteiger partial charge on any atom is 0.461 e. The van der Waals surface area contributed by atoms with Crippen molar-refractivity contribution in [3.63, 3.8) is 0 Å². The molecule has 1 saturated heterocycles. The van der Waals surface area contributed by atoms with Gasteiger partial charge < -0.3 is 37.1 Å². The van der Waals surface area contributed by atoms with Crippen molar-refractivity contribution in [2.75, 3.05) is 13.1 Å². The van der Waals surface area contributed by atoms with Crippen molar-refractivity contribution in [1.29, 1.82) is 0 Å². The number of unbranched alkanes of at least 4 members (excludes halogenated alkanes) is 2. The lowest BCUT2D eigenvalue weighted by Gasteiger charge is -2.64. The van der Waals surface area contributed by atoms with Gasteiger partial charge in [-0.3, -0.25) is 28.8 Å². The minimum atomic E-state index is -1.14. The van der Waals surface area contributed by atoms with Crippen LogP contribution in [-0.4, -0.2) is 79.1 Å². The zero-order valence-corrected chi connectivity index (χ0v) is 39.1. The van der Waals surface area contributed by atoms with Gasteiger partial charge in [0.1, 0.15) is 0 Å². The number of benzene rings is 2. The molecule has 350 valence electrons. The molecule has 3 saturated carbocycles. The van der Waals surface area contributed by atoms with Gasteiger partial charge in [-0.15, -0.1) is 0 Å². The molecular formula is C50H74BN5O8. The van der Waals surface area contributed by atoms with E-state index in [1.54, 1.807) is 19.1 Å². The van der Waals surface area contributed by atoms with Crippen LogP contribution in [0.5, 0.6) is 0 Å². The summed E-state index contributed by atoms with van der Waals surface area (Å²) in [5, 5.41) is 5.66. The Labute approximate surface area is 381 Å². The Bertz CT molecular complexity index is 1940. The molecule has 64 heavy (non-hydrogen) atoms. The average molecular weight is 884 g/mol. The molecule has 0 radical (unpaired) electrons. The molecule has 0 unspecified atom stereocenters. The number of rotatable bonds is 27. The number of ketones is 3. The highest BCUT2D eigenvalue weighted by Crippen LogP contribution is 2.66. The van der Waals surface area contributed by atoms with E-state index < -0.39 is 60.1 Å². The van der Waals surface area contributed by atoms with Crippen molar-refractivity contribution in [2.45, 2.75) is 161 Å². The van der Waals surface area contributed by atoms with Crippen LogP contribution in [0.3, 0.4) is 0 Å². The van der Waals surface area contributed by atoms with Gasteiger partial charge in [0.2, 0.25) is 17.7 Å². The van der Waals surface area contributed by atoms with Crippen LogP contribution in [0.15, 0.2) is 48.5 Å². The third kappa shape index (κ3) is 12.6. The fraction of sp³-hybridized carbons (Fsp3) is 0.640. The Morgan fingerprint density at radius 1 is 0.766 bits per heavy atom. The van der Waals surface area contributed by atoms with Gasteiger partial charge >= 0.3 is 7.12 Å². The molecule has 13 nitrogen and oxygen atoms in total. The van der Waals surface area contributed by atoms with E-state index in [2.05, 4.69) is 62.6 Å². The first-order valence-corrected chi connectivity index (χ1v) is 23.8. The first-order valence-electron chi connectivity index (χ1n) is 23.8. The Balaban J connectivity index is 1.17. The molecule has 1 heterocycles. The van der Waals surface area contributed by atoms with Crippen LogP contribution in [-0.2, 0) is 39.7 Å². The molecule has 4 aliphatic rings. The summed E-state index contributed by atoms with van der Waals surface area (Å²) in [6.07, 6.45) is 6.68. The van der Waals surface area contributed by atoms with Crippen molar-refractivity contribution in [3.05, 3.63) is 59.7 Å². The third-order valence-electron chi connectivity index (χ3n) is 14.6. The van der Waals surface area contributed by atoms with Crippen LogP contribution in [0.4, 0.5) is 0 Å². The fourth-order valence-corrected chi connectivity index (χ4v) is 10.2. The van der Waals surface area contributed by atoms with E-state index in [-0.39, 0.29) is 74.0 Å². The topological polar surface area (TPSA) is 223 Å². The first kappa shape index (κ1) is 50.8. The lowest BCUT2D eigenvalue weighted by molar-refractivity contribution is -0.199. The molecule has 8 N–H and O–H groups in total. The van der Waals surface area contributed by atoms with Crippen molar-refractivity contribution < 1.29 is 38.1 Å². The third-order valence-corrected chi connectivity index (χ3v) is 14.6. The standard InChI is InChI=1S/C50H74BN5O8/c1-7-8-11-33-13-15-34(16-14-33)35-17-19-36(20-18-35)41(57)28-37(23-25-53)48(62)56-40(21-22-46(54)60)42(58)26-31(2)47(61)55-39(12-9-10-24-52)43(59)27-32(3)51-63-45-30-38-29-44(49(38,4)5)50(45,6)64-51/h13-20,31-32,37-40,44-45H,7-12,21-30,52-53H2,1-6H3,(H2,54,60)(H,55,61)(H,56,62)/t31-,32-,37-,38+,39+,40+,44+,45-,50+/m1/s1. The lowest BCUT2D eigenvalue weighted by Crippen LogP contribution is -2.65. The zero-order valence-electron chi connectivity index (χ0n) is 39.1. The molecular weight excluding hydrogens is 809 g/mol. The highest BCUT2D eigenvalue weighted by atomic mass is 16.7. The molecule has 1 aliphatic heterocycles. The SMILES string of the molecule is CCCCc1ccc(-c2ccc(C(=O)C[C@@H](CCN)C(=O)N[C@@H](CCC(N)=O)C(=O)C[C@@H](C)C(=O)N[C@@H](CCCCN)C(=O)C[C@@H](C)B3O[C@@H]4C[C@@H]5C[C@@H](C5(C)C)[C@]4(C)O3)cc2)cc1. The maximum atomic E-state index is 13.9. The van der Waals surface area contributed by atoms with Gasteiger partial charge in [0.25, 0.3) is 0 Å². The quantitative estimate of drug-likeness (QED) is 0.0384. The summed E-state index contributed by atoms with van der Waals surface area (Å²) in [5.41, 5.74) is 20.6. The summed E-state index contributed by atoms with van der Waals surface area (Å²) in [7, 11) is -0.531. The average Bonchev–Trinajstić information content (AvgIpc) is 3.64. The number of nitrogens with one attached hydrogen (secondary N) is 2. The fourth-order valence-electron chi connectivity index (χ4n) is 10.2. The monoisotopic (exact) mass is 884 g/mol. The van der Waals surface area contributed by atoms with Gasteiger partial charge in [-0.1, -0.05) is 89.6 Å². The molecule has 2 aromatic rings. The molecule has 0 spiro atoms. The molecule has 2 bridgehead atoms. The Hall–Kier alpha value is -4.24. The number of carbonyl (C=O) groups is 6. The van der Waals surface area contributed by atoms with E-state index in [0.29, 0.717) is 43.2 Å². The van der Waals surface area contributed by atoms with E-state index in [1.165, 1.54) is 5.56 Å². The van der Waals surface area contributed by atoms with Crippen LogP contribution in [0, 0.1) is 29.1 Å². The molecule has 3 aliphatic carbocycles. The van der Waals surface area contributed by atoms with Crippen molar-refractivity contribution >= 4 is 42.2 Å². The minimum Gasteiger partial charge on any atom is -0.405 e. The number of carbonyl (C=O) groups excluding carboxylic acids is 6. The van der Waals surface area contributed by atoms with E-state index in [0.717, 1.165) is 43.2 Å². The number of primary amides is 1. The first-order chi connectivity index (χ1) is 30.4. The van der Waals surface area contributed by atoms with E-state index in [9.17, 15) is 28.8 Å². The van der Waals surface area contributed by atoms with Crippen LogP contribution < -0.4 is 27.8 Å². The number of nitrogens with two attached hydrogens (primary N) is 3. The van der Waals surface area contributed by atoms with Crippen LogP contribution in [0.25, 0.3) is 11.1 Å². The van der Waals surface area contributed by atoms with Gasteiger partial charge in [0.05, 0.1) is 23.8 Å². The molecule has 14 heteroatoms. The zero-order chi connectivity index (χ0) is 46.8. The second-order valence-corrected chi connectivity index (χ2v) is 19.7. The van der Waals surface area contributed by atoms with E-state index >= 15 is 0 Å². The largest absolute Gasteiger partial charge is 0.461 e. The van der Waals surface area contributed by atoms with Gasteiger partial charge in [0, 0.05) is 43.1 Å². The summed E-state index contributed by atoms with van der Waals surface area (Å²) >= 11 is 0. The second kappa shape index (κ2) is 22.8. The Kier molecular flexibility index (Phi) is 18.1. The van der Waals surface area contributed by atoms with Crippen LogP contribution >= 0.6 is 0 Å². The Morgan fingerprint density at radius 2 is 1.39 bits per heavy atom. The number of amides is 3. The van der Waals surface area contributed by atoms with Crippen molar-refractivity contribution in [2.24, 2.45) is 46.3 Å². The number of hydrogen-bond donors (Lipinski definition) is 5. The Morgan fingerprint density at radius 3 is 2.00 bits per heavy atom. The number of hydrogen-bond acceptors (Lipinski definition) is 10. The number of Topliss-reactive ketones (excluding diaryl/α,β-unsaturated/α-hetero) is 3. The highest BCUT2D eigenvalue weighted by molar-refractivity contribution is 6.47. The molecule has 3 amide bonds. The molecule has 6 rings (SSSR count). The van der Waals surface area contributed by atoms with Crippen molar-refractivity contribution in [3.8, 4) is 11.1 Å². The van der Waals surface area contributed by atoms with Crippen LogP contribution in [0.1, 0.15) is 141 Å². The molecule has 0 aromatic heterocycles. The number of aryl methyl sites for hydroxylation is 1. The van der Waals surface area contributed by atoms with Gasteiger partial charge in [-0.05, 0) is 118 Å². The predicted octanol–water partition coefficient (Wildman–Crippen LogP) is 6.27. The normalized spacial score (nSPS) is 23.1. The lowest BCUT2D eigenvalue weighted by atomic mass is 9.43. The summed E-state index contributed by atoms with van der Waals surface area (Å²) in [6, 6.07) is 13.7. The minimum absolute atomic E-state index is 0.0107. The molecule has 2 aromatic carbocycles. The molecule has 4 fully saturated rings.